The Bertz CT molecular complexity index is 1380. The second-order valence-electron chi connectivity index (χ2n) is 9.17. The molecule has 5 rings (SSSR count). The monoisotopic (exact) mass is 442 g/mol. The van der Waals surface area contributed by atoms with Gasteiger partial charge in [-0.1, -0.05) is 78.9 Å². The first kappa shape index (κ1) is 21.8. The van der Waals surface area contributed by atoms with Gasteiger partial charge in [0.15, 0.2) is 0 Å². The van der Waals surface area contributed by atoms with Gasteiger partial charge in [-0.2, -0.15) is 0 Å². The van der Waals surface area contributed by atoms with Gasteiger partial charge in [-0.15, -0.1) is 0 Å². The Morgan fingerprint density at radius 2 is 1.38 bits per heavy atom. The summed E-state index contributed by atoms with van der Waals surface area (Å²) in [7, 11) is 0. The molecule has 0 spiro atoms. The molecular formula is C32H30N2. The molecule has 4 N–H and O–H groups in total. The average Bonchev–Trinajstić information content (AvgIpc) is 2.92. The van der Waals surface area contributed by atoms with Gasteiger partial charge >= 0.3 is 0 Å². The van der Waals surface area contributed by atoms with Gasteiger partial charge in [-0.3, -0.25) is 0 Å². The van der Waals surface area contributed by atoms with Crippen molar-refractivity contribution in [1.29, 1.82) is 0 Å². The van der Waals surface area contributed by atoms with Crippen LogP contribution in [-0.2, 0) is 0 Å². The van der Waals surface area contributed by atoms with Crippen LogP contribution in [0.15, 0.2) is 120 Å². The molecule has 0 aromatic heterocycles. The molecule has 3 aromatic carbocycles. The van der Waals surface area contributed by atoms with E-state index >= 15 is 0 Å². The molecule has 168 valence electrons. The van der Waals surface area contributed by atoms with Crippen molar-refractivity contribution < 1.29 is 0 Å². The van der Waals surface area contributed by atoms with Gasteiger partial charge in [-0.05, 0) is 88.7 Å². The minimum atomic E-state index is 0.140. The molecule has 0 heterocycles. The Morgan fingerprint density at radius 3 is 2.03 bits per heavy atom. The third-order valence-corrected chi connectivity index (χ3v) is 6.98. The van der Waals surface area contributed by atoms with E-state index in [2.05, 4.69) is 93.3 Å². The zero-order chi connectivity index (χ0) is 23.8. The van der Waals surface area contributed by atoms with Crippen molar-refractivity contribution in [2.75, 3.05) is 11.5 Å². The fourth-order valence-electron chi connectivity index (χ4n) is 5.24. The summed E-state index contributed by atoms with van der Waals surface area (Å²) in [6.45, 7) is 8.87. The van der Waals surface area contributed by atoms with Crippen molar-refractivity contribution in [2.45, 2.75) is 25.7 Å². The van der Waals surface area contributed by atoms with Gasteiger partial charge in [0.1, 0.15) is 0 Å². The maximum absolute atomic E-state index is 5.96. The Kier molecular flexibility index (Phi) is 5.59. The summed E-state index contributed by atoms with van der Waals surface area (Å²) >= 11 is 0. The highest BCUT2D eigenvalue weighted by molar-refractivity contribution is 5.79. The fraction of sp³-hybridized carbons (Fsp3) is 0.125. The van der Waals surface area contributed by atoms with Crippen LogP contribution in [0.5, 0.6) is 0 Å². The van der Waals surface area contributed by atoms with Crippen LogP contribution >= 0.6 is 0 Å². The van der Waals surface area contributed by atoms with E-state index in [-0.39, 0.29) is 11.8 Å². The third-order valence-electron chi connectivity index (χ3n) is 6.98. The van der Waals surface area contributed by atoms with Crippen LogP contribution in [0.3, 0.4) is 0 Å². The SMILES string of the molecule is C=C1/C=C\C(c2ccc(N)cc2)=C/C2C(/C=C\C)=C(C)C1c1cc(-c3ccc(N)cc3)ccc12. The third kappa shape index (κ3) is 3.82. The van der Waals surface area contributed by atoms with E-state index in [1.165, 1.54) is 39.0 Å². The quantitative estimate of drug-likeness (QED) is 0.407. The van der Waals surface area contributed by atoms with Gasteiger partial charge < -0.3 is 11.5 Å². The van der Waals surface area contributed by atoms with E-state index in [0.29, 0.717) is 0 Å². The Hall–Kier alpha value is -4.04. The highest BCUT2D eigenvalue weighted by atomic mass is 14.5. The number of fused-ring (bicyclic) bond motifs is 5. The molecule has 0 fully saturated rings. The summed E-state index contributed by atoms with van der Waals surface area (Å²) in [4.78, 5) is 0. The maximum atomic E-state index is 5.96. The zero-order valence-corrected chi connectivity index (χ0v) is 19.8. The minimum absolute atomic E-state index is 0.140. The van der Waals surface area contributed by atoms with Crippen molar-refractivity contribution in [1.82, 2.24) is 0 Å². The molecule has 2 atom stereocenters. The standard InChI is InChI=1S/C32H30N2/c1-4-5-28-21(3)32-20(2)6-7-24(22-8-13-26(33)14-9-22)18-30(28)29-17-12-25(19-31(29)32)23-10-15-27(34)16-11-23/h4-19,30,32H,2,33-34H2,1,3H3/b5-4-,7-6-,24-18+. The van der Waals surface area contributed by atoms with Crippen LogP contribution in [0.1, 0.15) is 42.4 Å². The lowest BCUT2D eigenvalue weighted by molar-refractivity contribution is 0.826. The summed E-state index contributed by atoms with van der Waals surface area (Å²) in [6.07, 6.45) is 11.2. The predicted molar refractivity (Wildman–Crippen MR) is 146 cm³/mol. The average molecular weight is 443 g/mol. The lowest BCUT2D eigenvalue weighted by atomic mass is 9.70. The lowest BCUT2D eigenvalue weighted by Gasteiger charge is -2.34. The summed E-state index contributed by atoms with van der Waals surface area (Å²) in [5.41, 5.74) is 24.6. The summed E-state index contributed by atoms with van der Waals surface area (Å²) in [5, 5.41) is 0. The summed E-state index contributed by atoms with van der Waals surface area (Å²) in [6, 6.07) is 23.1. The fourth-order valence-corrected chi connectivity index (χ4v) is 5.24. The van der Waals surface area contributed by atoms with Gasteiger partial charge in [0.25, 0.3) is 0 Å². The summed E-state index contributed by atoms with van der Waals surface area (Å²) in [5.74, 6) is 0.299. The Morgan fingerprint density at radius 1 is 0.765 bits per heavy atom. The van der Waals surface area contributed by atoms with Crippen LogP contribution in [0.4, 0.5) is 11.4 Å². The van der Waals surface area contributed by atoms with E-state index in [0.717, 1.165) is 22.5 Å². The first-order valence-corrected chi connectivity index (χ1v) is 11.7. The predicted octanol–water partition coefficient (Wildman–Crippen LogP) is 7.80. The molecule has 34 heavy (non-hydrogen) atoms. The number of allylic oxidation sites excluding steroid dienone is 9. The molecule has 2 heteroatoms. The van der Waals surface area contributed by atoms with Crippen molar-refractivity contribution in [3.8, 4) is 11.1 Å². The number of benzene rings is 3. The van der Waals surface area contributed by atoms with Crippen molar-refractivity contribution in [2.24, 2.45) is 0 Å². The summed E-state index contributed by atoms with van der Waals surface area (Å²) < 4.78 is 0. The first-order chi connectivity index (χ1) is 16.5. The van der Waals surface area contributed by atoms with Crippen molar-refractivity contribution in [3.63, 3.8) is 0 Å². The molecule has 0 aliphatic heterocycles. The minimum Gasteiger partial charge on any atom is -0.399 e. The topological polar surface area (TPSA) is 52.0 Å². The molecule has 2 nitrogen and oxygen atoms in total. The molecule has 2 aliphatic rings. The van der Waals surface area contributed by atoms with Crippen LogP contribution in [0, 0.1) is 0 Å². The molecule has 0 amide bonds. The van der Waals surface area contributed by atoms with Crippen LogP contribution < -0.4 is 11.5 Å². The van der Waals surface area contributed by atoms with Crippen LogP contribution in [0.2, 0.25) is 0 Å². The highest BCUT2D eigenvalue weighted by Crippen LogP contribution is 2.49. The largest absolute Gasteiger partial charge is 0.399 e. The van der Waals surface area contributed by atoms with E-state index in [1.54, 1.807) is 0 Å². The number of rotatable bonds is 3. The lowest BCUT2D eigenvalue weighted by Crippen LogP contribution is -2.17. The number of nitrogen functional groups attached to an aromatic ring is 2. The van der Waals surface area contributed by atoms with E-state index < -0.39 is 0 Å². The number of hydrogen-bond acceptors (Lipinski definition) is 2. The maximum Gasteiger partial charge on any atom is 0.0314 e. The highest BCUT2D eigenvalue weighted by Gasteiger charge is 2.32. The second kappa shape index (κ2) is 8.72. The van der Waals surface area contributed by atoms with Crippen molar-refractivity contribution >= 4 is 16.9 Å². The van der Waals surface area contributed by atoms with Crippen molar-refractivity contribution in [3.05, 3.63) is 137 Å². The molecular weight excluding hydrogens is 412 g/mol. The molecule has 0 saturated heterocycles. The van der Waals surface area contributed by atoms with Crippen LogP contribution in [-0.4, -0.2) is 0 Å². The van der Waals surface area contributed by atoms with Gasteiger partial charge in [0.05, 0.1) is 0 Å². The van der Waals surface area contributed by atoms with Gasteiger partial charge in [-0.25, -0.2) is 0 Å². The molecule has 2 unspecified atom stereocenters. The van der Waals surface area contributed by atoms with E-state index in [4.69, 9.17) is 11.5 Å². The molecule has 0 radical (unpaired) electrons. The number of nitrogens with two attached hydrogens (primary N) is 2. The van der Waals surface area contributed by atoms with Gasteiger partial charge in [0, 0.05) is 23.2 Å². The molecule has 2 aliphatic carbocycles. The second-order valence-corrected chi connectivity index (χ2v) is 9.17. The number of anilines is 2. The number of hydrogen-bond donors (Lipinski definition) is 2. The molecule has 0 saturated carbocycles. The zero-order valence-electron chi connectivity index (χ0n) is 19.8. The van der Waals surface area contributed by atoms with E-state index in [1.807, 2.05) is 24.3 Å². The molecule has 2 bridgehead atoms. The first-order valence-electron chi connectivity index (χ1n) is 11.7. The van der Waals surface area contributed by atoms with Gasteiger partial charge in [0.2, 0.25) is 0 Å². The Balaban J connectivity index is 1.73. The van der Waals surface area contributed by atoms with E-state index in [9.17, 15) is 0 Å². The smallest absolute Gasteiger partial charge is 0.0314 e. The normalized spacial score (nSPS) is 22.1. The van der Waals surface area contributed by atoms with Crippen LogP contribution in [0.25, 0.3) is 16.7 Å². The Labute approximate surface area is 202 Å². The molecule has 3 aromatic rings.